The third-order valence-corrected chi connectivity index (χ3v) is 8.65. The second-order valence-electron chi connectivity index (χ2n) is 9.83. The molecule has 1 atom stereocenters. The van der Waals surface area contributed by atoms with Gasteiger partial charge in [-0.2, -0.15) is 26.3 Å². The molecular formula is C29H19BrCl3F6NO2. The summed E-state index contributed by atoms with van der Waals surface area (Å²) in [5.41, 5.74) is -1.30. The highest BCUT2D eigenvalue weighted by molar-refractivity contribution is 9.10. The minimum atomic E-state index is -4.66. The Morgan fingerprint density at radius 2 is 1.52 bits per heavy atom. The van der Waals surface area contributed by atoms with Crippen molar-refractivity contribution in [2.45, 2.75) is 37.5 Å². The van der Waals surface area contributed by atoms with Gasteiger partial charge in [0.25, 0.3) is 0 Å². The minimum Gasteiger partial charge on any atom is -0.326 e. The predicted molar refractivity (Wildman–Crippen MR) is 154 cm³/mol. The number of alkyl halides is 6. The van der Waals surface area contributed by atoms with E-state index < -0.39 is 35.2 Å². The summed E-state index contributed by atoms with van der Waals surface area (Å²) in [6.45, 7) is 0. The highest BCUT2D eigenvalue weighted by atomic mass is 79.9. The number of Topliss-reactive ketones (excluding diaryl/α,β-unsaturated/α-hetero) is 1. The predicted octanol–water partition coefficient (Wildman–Crippen LogP) is 10.8. The lowest BCUT2D eigenvalue weighted by Crippen LogP contribution is -2.27. The van der Waals surface area contributed by atoms with Crippen molar-refractivity contribution in [2.24, 2.45) is 5.41 Å². The summed E-state index contributed by atoms with van der Waals surface area (Å²) < 4.78 is 80.2. The number of hydrogen-bond acceptors (Lipinski definition) is 2. The van der Waals surface area contributed by atoms with Gasteiger partial charge in [-0.05, 0) is 72.5 Å². The number of carbonyl (C=O) groups excluding carboxylic acids is 2. The van der Waals surface area contributed by atoms with Gasteiger partial charge < -0.3 is 5.32 Å². The quantitative estimate of drug-likeness (QED) is 0.144. The normalized spacial score (nSPS) is 15.5. The van der Waals surface area contributed by atoms with Gasteiger partial charge in [0.1, 0.15) is 0 Å². The third-order valence-electron chi connectivity index (χ3n) is 6.80. The standard InChI is InChI=1S/C29H19BrCl3F6NO2/c30-21-11-15(2-8-20(29(37,38)39)16-12-22(31)25(33)23(32)13-16)1-7-19(21)24(41)14-27(9-10-27)26(42)40-18-5-3-17(4-6-18)28(34,35)36/h1-8,11-13,20H,9-10,14H2,(H,40,42)/b8-2+. The van der Waals surface area contributed by atoms with Crippen LogP contribution in [0.5, 0.6) is 0 Å². The van der Waals surface area contributed by atoms with Crippen molar-refractivity contribution >= 4 is 74.2 Å². The number of amides is 1. The van der Waals surface area contributed by atoms with Gasteiger partial charge in [-0.25, -0.2) is 0 Å². The van der Waals surface area contributed by atoms with Crippen LogP contribution in [0.25, 0.3) is 6.08 Å². The number of hydrogen-bond donors (Lipinski definition) is 1. The molecule has 1 aliphatic carbocycles. The van der Waals surface area contributed by atoms with Crippen LogP contribution in [0.3, 0.4) is 0 Å². The number of carbonyl (C=O) groups is 2. The SMILES string of the molecule is O=C(CC1(C(=O)Nc2ccc(C(F)(F)F)cc2)CC1)c1ccc(/C=C/C(c2cc(Cl)c(Cl)c(Cl)c2)C(F)(F)F)cc1Br. The van der Waals surface area contributed by atoms with Crippen LogP contribution in [-0.4, -0.2) is 17.9 Å². The molecule has 3 aromatic carbocycles. The first-order valence-corrected chi connectivity index (χ1v) is 14.1. The lowest BCUT2D eigenvalue weighted by Gasteiger charge is -2.18. The Labute approximate surface area is 260 Å². The number of allylic oxidation sites excluding steroid dienone is 1. The zero-order chi connectivity index (χ0) is 31.0. The van der Waals surface area contributed by atoms with Crippen molar-refractivity contribution in [3.63, 3.8) is 0 Å². The van der Waals surface area contributed by atoms with Crippen molar-refractivity contribution < 1.29 is 35.9 Å². The number of halogens is 10. The topological polar surface area (TPSA) is 46.2 Å². The van der Waals surface area contributed by atoms with Gasteiger partial charge >= 0.3 is 12.4 Å². The van der Waals surface area contributed by atoms with Crippen molar-refractivity contribution in [3.05, 3.63) is 102 Å². The van der Waals surface area contributed by atoms with E-state index >= 15 is 0 Å². The first-order chi connectivity index (χ1) is 19.5. The molecule has 0 heterocycles. The maximum Gasteiger partial charge on any atom is 0.416 e. The summed E-state index contributed by atoms with van der Waals surface area (Å²) in [4.78, 5) is 26.0. The molecule has 1 N–H and O–H groups in total. The van der Waals surface area contributed by atoms with Gasteiger partial charge in [0.05, 0.1) is 32.0 Å². The molecule has 1 unspecified atom stereocenters. The van der Waals surface area contributed by atoms with E-state index in [0.29, 0.717) is 22.9 Å². The van der Waals surface area contributed by atoms with E-state index in [2.05, 4.69) is 21.2 Å². The highest BCUT2D eigenvalue weighted by Crippen LogP contribution is 2.50. The van der Waals surface area contributed by atoms with Crippen molar-refractivity contribution in [3.8, 4) is 0 Å². The smallest absolute Gasteiger partial charge is 0.326 e. The Kier molecular flexibility index (Phi) is 9.43. The first-order valence-electron chi connectivity index (χ1n) is 12.2. The molecule has 13 heteroatoms. The second-order valence-corrected chi connectivity index (χ2v) is 11.9. The summed E-state index contributed by atoms with van der Waals surface area (Å²) in [5, 5.41) is 2.28. The number of anilines is 1. The van der Waals surface area contributed by atoms with E-state index in [1.54, 1.807) is 0 Å². The molecule has 4 rings (SSSR count). The summed E-state index contributed by atoms with van der Waals surface area (Å²) in [6.07, 6.45) is -6.31. The Balaban J connectivity index is 1.46. The van der Waals surface area contributed by atoms with E-state index in [0.717, 1.165) is 42.5 Å². The molecule has 3 aromatic rings. The first kappa shape index (κ1) is 32.4. The lowest BCUT2D eigenvalue weighted by atomic mass is 9.93. The molecule has 1 saturated carbocycles. The summed E-state index contributed by atoms with van der Waals surface area (Å²) in [6, 6.07) is 10.5. The van der Waals surface area contributed by atoms with Crippen LogP contribution in [0.4, 0.5) is 32.0 Å². The van der Waals surface area contributed by atoms with E-state index in [-0.39, 0.29) is 44.1 Å². The maximum atomic E-state index is 13.9. The fourth-order valence-electron chi connectivity index (χ4n) is 4.28. The van der Waals surface area contributed by atoms with Crippen LogP contribution >= 0.6 is 50.7 Å². The van der Waals surface area contributed by atoms with Crippen molar-refractivity contribution in [1.29, 1.82) is 0 Å². The van der Waals surface area contributed by atoms with Crippen molar-refractivity contribution in [1.82, 2.24) is 0 Å². The Hall–Kier alpha value is -2.53. The zero-order valence-corrected chi connectivity index (χ0v) is 25.0. The molecule has 0 aliphatic heterocycles. The monoisotopic (exact) mass is 711 g/mol. The van der Waals surface area contributed by atoms with Crippen LogP contribution in [-0.2, 0) is 11.0 Å². The largest absolute Gasteiger partial charge is 0.416 e. The van der Waals surface area contributed by atoms with Gasteiger partial charge in [0, 0.05) is 22.1 Å². The summed E-state index contributed by atoms with van der Waals surface area (Å²) >= 11 is 21.0. The van der Waals surface area contributed by atoms with E-state index in [9.17, 15) is 35.9 Å². The minimum absolute atomic E-state index is 0.0544. The fraction of sp³-hybridized carbons (Fsp3) is 0.241. The molecule has 222 valence electrons. The molecule has 42 heavy (non-hydrogen) atoms. The summed E-state index contributed by atoms with van der Waals surface area (Å²) in [7, 11) is 0. The number of ketones is 1. The molecule has 0 bridgehead atoms. The lowest BCUT2D eigenvalue weighted by molar-refractivity contribution is -0.139. The molecule has 0 spiro atoms. The Bertz CT molecular complexity index is 1530. The molecule has 3 nitrogen and oxygen atoms in total. The summed E-state index contributed by atoms with van der Waals surface area (Å²) in [5.74, 6) is -2.90. The molecule has 0 radical (unpaired) electrons. The Morgan fingerprint density at radius 1 is 0.929 bits per heavy atom. The van der Waals surface area contributed by atoms with Crippen molar-refractivity contribution in [2.75, 3.05) is 5.32 Å². The Morgan fingerprint density at radius 3 is 2.02 bits per heavy atom. The van der Waals surface area contributed by atoms with Crippen LogP contribution in [0, 0.1) is 5.41 Å². The van der Waals surface area contributed by atoms with Gasteiger partial charge in [-0.1, -0.05) is 69.0 Å². The van der Waals surface area contributed by atoms with Crippen LogP contribution in [0.2, 0.25) is 15.1 Å². The van der Waals surface area contributed by atoms with E-state index in [4.69, 9.17) is 34.8 Å². The number of nitrogens with one attached hydrogen (secondary N) is 1. The third kappa shape index (κ3) is 7.51. The average molecular weight is 714 g/mol. The average Bonchev–Trinajstić information content (AvgIpc) is 3.67. The van der Waals surface area contributed by atoms with E-state index in [1.807, 2.05) is 0 Å². The fourth-order valence-corrected chi connectivity index (χ4v) is 5.51. The van der Waals surface area contributed by atoms with Gasteiger partial charge in [0.2, 0.25) is 5.91 Å². The molecule has 1 amide bonds. The van der Waals surface area contributed by atoms with Crippen LogP contribution in [0.1, 0.15) is 52.2 Å². The van der Waals surface area contributed by atoms with Gasteiger partial charge in [-0.3, -0.25) is 9.59 Å². The van der Waals surface area contributed by atoms with Crippen LogP contribution < -0.4 is 5.32 Å². The highest BCUT2D eigenvalue weighted by Gasteiger charge is 2.51. The maximum absolute atomic E-state index is 13.9. The molecular weight excluding hydrogens is 695 g/mol. The van der Waals surface area contributed by atoms with E-state index in [1.165, 1.54) is 24.3 Å². The molecule has 1 aliphatic rings. The molecule has 0 aromatic heterocycles. The van der Waals surface area contributed by atoms with Gasteiger partial charge in [0.15, 0.2) is 5.78 Å². The van der Waals surface area contributed by atoms with Crippen LogP contribution in [0.15, 0.2) is 65.1 Å². The van der Waals surface area contributed by atoms with Gasteiger partial charge in [-0.15, -0.1) is 0 Å². The number of benzene rings is 3. The number of rotatable bonds is 8. The molecule has 0 saturated heterocycles. The zero-order valence-electron chi connectivity index (χ0n) is 21.1. The second kappa shape index (κ2) is 12.2. The molecule has 1 fully saturated rings.